The van der Waals surface area contributed by atoms with Crippen LogP contribution in [0.15, 0.2) is 0 Å². The normalized spacial score (nSPS) is 24.6. The molecule has 0 radical (unpaired) electrons. The molecule has 3 N–H and O–H groups in total. The van der Waals surface area contributed by atoms with E-state index in [1.807, 2.05) is 0 Å². The van der Waals surface area contributed by atoms with Crippen LogP contribution >= 0.6 is 12.4 Å². The molecule has 1 saturated carbocycles. The Morgan fingerprint density at radius 3 is 2.40 bits per heavy atom. The van der Waals surface area contributed by atoms with Gasteiger partial charge in [0.1, 0.15) is 12.1 Å². The van der Waals surface area contributed by atoms with Gasteiger partial charge in [0.2, 0.25) is 5.91 Å². The van der Waals surface area contributed by atoms with Crippen molar-refractivity contribution in [3.63, 3.8) is 0 Å². The minimum atomic E-state index is -0.753. The van der Waals surface area contributed by atoms with Crippen LogP contribution in [0.2, 0.25) is 0 Å². The third-order valence-electron chi connectivity index (χ3n) is 5.78. The first kappa shape index (κ1) is 20.0. The second kappa shape index (κ2) is 7.91. The summed E-state index contributed by atoms with van der Waals surface area (Å²) in [5.74, 6) is -0.485. The lowest BCUT2D eigenvalue weighted by molar-refractivity contribution is -0.136. The summed E-state index contributed by atoms with van der Waals surface area (Å²) in [4.78, 5) is 38.2. The summed E-state index contributed by atoms with van der Waals surface area (Å²) in [6.07, 6.45) is 6.37. The molecule has 0 bridgehead atoms. The van der Waals surface area contributed by atoms with Crippen molar-refractivity contribution in [2.75, 3.05) is 26.2 Å². The van der Waals surface area contributed by atoms with Crippen molar-refractivity contribution in [3.05, 3.63) is 0 Å². The molecular weight excluding hydrogens is 344 g/mol. The number of carbonyl (C=O) groups is 3. The van der Waals surface area contributed by atoms with Gasteiger partial charge in [0.15, 0.2) is 0 Å². The number of carbonyl (C=O) groups excluding carboxylic acids is 3. The average molecular weight is 373 g/mol. The van der Waals surface area contributed by atoms with E-state index >= 15 is 0 Å². The monoisotopic (exact) mass is 372 g/mol. The largest absolute Gasteiger partial charge is 0.354 e. The molecule has 3 aliphatic rings. The number of amides is 4. The summed E-state index contributed by atoms with van der Waals surface area (Å²) in [5.41, 5.74) is -0.667. The van der Waals surface area contributed by atoms with Gasteiger partial charge in [-0.05, 0) is 44.2 Å². The van der Waals surface area contributed by atoms with Crippen LogP contribution in [0.5, 0.6) is 0 Å². The fourth-order valence-electron chi connectivity index (χ4n) is 4.03. The highest BCUT2D eigenvalue weighted by atomic mass is 35.5. The quantitative estimate of drug-likeness (QED) is 0.646. The van der Waals surface area contributed by atoms with Crippen molar-refractivity contribution in [3.8, 4) is 0 Å². The molecule has 7 nitrogen and oxygen atoms in total. The number of piperidine rings is 1. The van der Waals surface area contributed by atoms with Crippen LogP contribution in [-0.2, 0) is 9.59 Å². The van der Waals surface area contributed by atoms with Crippen molar-refractivity contribution in [2.45, 2.75) is 57.4 Å². The summed E-state index contributed by atoms with van der Waals surface area (Å²) in [7, 11) is 0. The molecular formula is C17H29ClN4O3. The van der Waals surface area contributed by atoms with Crippen LogP contribution < -0.4 is 16.0 Å². The minimum Gasteiger partial charge on any atom is -0.354 e. The van der Waals surface area contributed by atoms with E-state index in [0.29, 0.717) is 19.4 Å². The van der Waals surface area contributed by atoms with E-state index in [1.165, 1.54) is 0 Å². The number of hydrogen-bond donors (Lipinski definition) is 3. The zero-order chi connectivity index (χ0) is 17.2. The van der Waals surface area contributed by atoms with E-state index in [9.17, 15) is 14.4 Å². The summed E-state index contributed by atoms with van der Waals surface area (Å²) >= 11 is 0. The highest BCUT2D eigenvalue weighted by Gasteiger charge is 2.51. The SMILES string of the molecule is CC1(CNC(=O)CN2C(=O)NC3(CCCCC3)C2=O)CCNCC1.Cl. The van der Waals surface area contributed by atoms with Crippen LogP contribution in [0.25, 0.3) is 0 Å². The maximum Gasteiger partial charge on any atom is 0.325 e. The predicted molar refractivity (Wildman–Crippen MR) is 96.5 cm³/mol. The van der Waals surface area contributed by atoms with Crippen LogP contribution in [0.4, 0.5) is 4.79 Å². The molecule has 1 aliphatic carbocycles. The third-order valence-corrected chi connectivity index (χ3v) is 5.78. The van der Waals surface area contributed by atoms with Gasteiger partial charge in [0.05, 0.1) is 0 Å². The average Bonchev–Trinajstić information content (AvgIpc) is 2.79. The van der Waals surface area contributed by atoms with Crippen LogP contribution in [0.1, 0.15) is 51.9 Å². The second-order valence-corrected chi connectivity index (χ2v) is 7.80. The standard InChI is InChI=1S/C17H28N4O3.ClH/c1-16(7-9-18-10-8-16)12-19-13(22)11-21-14(23)17(20-15(21)24)5-3-2-4-6-17;/h18H,2-12H2,1H3,(H,19,22)(H,20,24);1H. The Labute approximate surface area is 155 Å². The van der Waals surface area contributed by atoms with E-state index in [-0.39, 0.29) is 36.2 Å². The highest BCUT2D eigenvalue weighted by molar-refractivity contribution is 6.09. The van der Waals surface area contributed by atoms with Gasteiger partial charge in [0, 0.05) is 6.54 Å². The zero-order valence-corrected chi connectivity index (χ0v) is 15.7. The number of nitrogens with zero attached hydrogens (tertiary/aromatic N) is 1. The van der Waals surface area contributed by atoms with E-state index in [1.54, 1.807) is 0 Å². The lowest BCUT2D eigenvalue weighted by atomic mass is 9.81. The highest BCUT2D eigenvalue weighted by Crippen LogP contribution is 2.33. The Morgan fingerprint density at radius 2 is 1.76 bits per heavy atom. The van der Waals surface area contributed by atoms with Crippen LogP contribution in [0.3, 0.4) is 0 Å². The zero-order valence-electron chi connectivity index (χ0n) is 14.9. The molecule has 0 unspecified atom stereocenters. The molecule has 3 rings (SSSR count). The lowest BCUT2D eigenvalue weighted by Crippen LogP contribution is -2.49. The smallest absolute Gasteiger partial charge is 0.325 e. The first-order chi connectivity index (χ1) is 11.4. The van der Waals surface area contributed by atoms with Gasteiger partial charge in [-0.15, -0.1) is 12.4 Å². The number of hydrogen-bond acceptors (Lipinski definition) is 4. The van der Waals surface area contributed by atoms with Gasteiger partial charge >= 0.3 is 6.03 Å². The number of urea groups is 1. The van der Waals surface area contributed by atoms with Gasteiger partial charge in [-0.3, -0.25) is 14.5 Å². The van der Waals surface area contributed by atoms with Crippen molar-refractivity contribution >= 4 is 30.3 Å². The van der Waals surface area contributed by atoms with Crippen molar-refractivity contribution in [2.24, 2.45) is 5.41 Å². The Bertz CT molecular complexity index is 528. The summed E-state index contributed by atoms with van der Waals surface area (Å²) < 4.78 is 0. The minimum absolute atomic E-state index is 0. The van der Waals surface area contributed by atoms with Gasteiger partial charge in [0.25, 0.3) is 5.91 Å². The Morgan fingerprint density at radius 1 is 1.12 bits per heavy atom. The molecule has 8 heteroatoms. The lowest BCUT2D eigenvalue weighted by Gasteiger charge is -2.34. The van der Waals surface area contributed by atoms with Gasteiger partial charge in [-0.2, -0.15) is 0 Å². The fraction of sp³-hybridized carbons (Fsp3) is 0.824. The molecule has 25 heavy (non-hydrogen) atoms. The maximum atomic E-state index is 12.7. The third kappa shape index (κ3) is 4.26. The molecule has 1 spiro atoms. The van der Waals surface area contributed by atoms with E-state index in [0.717, 1.165) is 50.1 Å². The van der Waals surface area contributed by atoms with E-state index in [2.05, 4.69) is 22.9 Å². The number of halogens is 1. The Balaban J connectivity index is 0.00000225. The molecule has 2 saturated heterocycles. The van der Waals surface area contributed by atoms with Gasteiger partial charge in [-0.25, -0.2) is 4.79 Å². The maximum absolute atomic E-state index is 12.7. The van der Waals surface area contributed by atoms with Crippen LogP contribution in [0, 0.1) is 5.41 Å². The molecule has 2 aliphatic heterocycles. The summed E-state index contributed by atoms with van der Waals surface area (Å²) in [6, 6.07) is -0.426. The van der Waals surface area contributed by atoms with Crippen LogP contribution in [-0.4, -0.2) is 54.5 Å². The van der Waals surface area contributed by atoms with E-state index < -0.39 is 11.6 Å². The van der Waals surface area contributed by atoms with Crippen molar-refractivity contribution < 1.29 is 14.4 Å². The second-order valence-electron chi connectivity index (χ2n) is 7.80. The molecule has 0 aromatic heterocycles. The Hall–Kier alpha value is -1.34. The molecule has 3 fully saturated rings. The number of imide groups is 1. The molecule has 4 amide bonds. The molecule has 0 aromatic carbocycles. The molecule has 0 aromatic rings. The number of rotatable bonds is 4. The number of nitrogens with one attached hydrogen (secondary N) is 3. The predicted octanol–water partition coefficient (Wildman–Crippen LogP) is 1.17. The first-order valence-electron chi connectivity index (χ1n) is 9.06. The fourth-order valence-corrected chi connectivity index (χ4v) is 4.03. The van der Waals surface area contributed by atoms with E-state index in [4.69, 9.17) is 0 Å². The van der Waals surface area contributed by atoms with Gasteiger partial charge in [-0.1, -0.05) is 26.2 Å². The van der Waals surface area contributed by atoms with Crippen molar-refractivity contribution in [1.29, 1.82) is 0 Å². The summed E-state index contributed by atoms with van der Waals surface area (Å²) in [5, 5.41) is 9.06. The molecule has 0 atom stereocenters. The molecule has 142 valence electrons. The Kier molecular flexibility index (Phi) is 6.32. The van der Waals surface area contributed by atoms with Crippen molar-refractivity contribution in [1.82, 2.24) is 20.9 Å². The summed E-state index contributed by atoms with van der Waals surface area (Å²) in [6.45, 7) is 4.49. The topological polar surface area (TPSA) is 90.5 Å². The first-order valence-corrected chi connectivity index (χ1v) is 9.06. The van der Waals surface area contributed by atoms with Gasteiger partial charge < -0.3 is 16.0 Å². The molecule has 2 heterocycles.